The van der Waals surface area contributed by atoms with Crippen LogP contribution in [-0.2, 0) is 6.42 Å². The second-order valence-electron chi connectivity index (χ2n) is 5.11. The molecule has 88 valence electrons. The van der Waals surface area contributed by atoms with Gasteiger partial charge in [0.25, 0.3) is 0 Å². The molecule has 1 aromatic rings. The van der Waals surface area contributed by atoms with Crippen LogP contribution >= 0.6 is 0 Å². The van der Waals surface area contributed by atoms with Crippen LogP contribution in [0.4, 0.5) is 0 Å². The molecule has 0 fully saturated rings. The first-order valence-corrected chi connectivity index (χ1v) is 6.08. The Hall–Kier alpha value is -0.860. The molecule has 16 heavy (non-hydrogen) atoms. The molecule has 0 saturated heterocycles. The summed E-state index contributed by atoms with van der Waals surface area (Å²) in [6.07, 6.45) is 1.14. The van der Waals surface area contributed by atoms with E-state index < -0.39 is 0 Å². The molecule has 3 atom stereocenters. The first kappa shape index (κ1) is 11.6. The first-order chi connectivity index (χ1) is 7.61. The van der Waals surface area contributed by atoms with Crippen LogP contribution in [0, 0.1) is 12.8 Å². The predicted octanol–water partition coefficient (Wildman–Crippen LogP) is 2.20. The van der Waals surface area contributed by atoms with Gasteiger partial charge in [0.2, 0.25) is 0 Å². The smallest absolute Gasteiger partial charge is 0.0582 e. The summed E-state index contributed by atoms with van der Waals surface area (Å²) >= 11 is 0. The van der Waals surface area contributed by atoms with E-state index in [-0.39, 0.29) is 12.6 Å². The Labute approximate surface area is 97.7 Å². The highest BCUT2D eigenvalue weighted by Gasteiger charge is 2.29. The number of aliphatic hydroxyl groups is 1. The van der Waals surface area contributed by atoms with Gasteiger partial charge in [-0.1, -0.05) is 30.7 Å². The van der Waals surface area contributed by atoms with Gasteiger partial charge in [0.1, 0.15) is 0 Å². The van der Waals surface area contributed by atoms with E-state index in [1.165, 1.54) is 16.7 Å². The van der Waals surface area contributed by atoms with E-state index >= 15 is 0 Å². The van der Waals surface area contributed by atoms with Gasteiger partial charge in [-0.2, -0.15) is 0 Å². The molecule has 1 aliphatic carbocycles. The zero-order valence-electron chi connectivity index (χ0n) is 10.3. The largest absolute Gasteiger partial charge is 0.395 e. The van der Waals surface area contributed by atoms with Crippen LogP contribution in [0.1, 0.15) is 36.6 Å². The number of benzene rings is 1. The van der Waals surface area contributed by atoms with Crippen LogP contribution in [0.5, 0.6) is 0 Å². The lowest BCUT2D eigenvalue weighted by Gasteiger charge is -2.22. The van der Waals surface area contributed by atoms with E-state index in [4.69, 9.17) is 5.11 Å². The molecule has 2 heteroatoms. The van der Waals surface area contributed by atoms with Gasteiger partial charge in [-0.3, -0.25) is 0 Å². The zero-order valence-corrected chi connectivity index (χ0v) is 10.3. The Morgan fingerprint density at radius 3 is 2.94 bits per heavy atom. The van der Waals surface area contributed by atoms with Gasteiger partial charge < -0.3 is 10.4 Å². The highest BCUT2D eigenvalue weighted by atomic mass is 16.3. The summed E-state index contributed by atoms with van der Waals surface area (Å²) in [4.78, 5) is 0. The van der Waals surface area contributed by atoms with E-state index in [1.54, 1.807) is 0 Å². The van der Waals surface area contributed by atoms with E-state index in [1.807, 2.05) is 6.92 Å². The van der Waals surface area contributed by atoms with Gasteiger partial charge in [0, 0.05) is 12.1 Å². The minimum absolute atomic E-state index is 0.166. The molecule has 0 heterocycles. The van der Waals surface area contributed by atoms with E-state index in [0.29, 0.717) is 12.0 Å². The normalized spacial score (nSPS) is 25.5. The minimum Gasteiger partial charge on any atom is -0.395 e. The molecule has 3 unspecified atom stereocenters. The number of fused-ring (bicyclic) bond motifs is 1. The molecular formula is C14H21NO. The average Bonchev–Trinajstić information content (AvgIpc) is 2.55. The number of aryl methyl sites for hydroxylation is 1. The van der Waals surface area contributed by atoms with E-state index in [2.05, 4.69) is 37.4 Å². The quantitative estimate of drug-likeness (QED) is 0.817. The number of rotatable bonds is 3. The first-order valence-electron chi connectivity index (χ1n) is 6.08. The Bertz CT molecular complexity index is 375. The summed E-state index contributed by atoms with van der Waals surface area (Å²) < 4.78 is 0. The predicted molar refractivity (Wildman–Crippen MR) is 66.5 cm³/mol. The van der Waals surface area contributed by atoms with Crippen LogP contribution in [0.3, 0.4) is 0 Å². The Morgan fingerprint density at radius 1 is 1.50 bits per heavy atom. The van der Waals surface area contributed by atoms with Crippen LogP contribution < -0.4 is 5.32 Å². The second kappa shape index (κ2) is 4.56. The molecule has 1 aliphatic rings. The standard InChI is InChI=1S/C14H21NO/c1-9-4-5-12-7-10(2)14(13(12)6-9)15-11(3)8-16/h4-6,10-11,14-16H,7-8H2,1-3H3. The topological polar surface area (TPSA) is 32.3 Å². The number of hydrogen-bond acceptors (Lipinski definition) is 2. The van der Waals surface area contributed by atoms with Crippen molar-refractivity contribution in [1.29, 1.82) is 0 Å². The van der Waals surface area contributed by atoms with Crippen molar-refractivity contribution in [2.45, 2.75) is 39.3 Å². The highest BCUT2D eigenvalue weighted by Crippen LogP contribution is 2.36. The summed E-state index contributed by atoms with van der Waals surface area (Å²) in [6.45, 7) is 6.64. The van der Waals surface area contributed by atoms with Crippen molar-refractivity contribution in [3.8, 4) is 0 Å². The van der Waals surface area contributed by atoms with Crippen molar-refractivity contribution < 1.29 is 5.11 Å². The van der Waals surface area contributed by atoms with E-state index in [9.17, 15) is 0 Å². The van der Waals surface area contributed by atoms with Crippen molar-refractivity contribution in [2.24, 2.45) is 5.92 Å². The van der Waals surface area contributed by atoms with Crippen molar-refractivity contribution >= 4 is 0 Å². The Morgan fingerprint density at radius 2 is 2.25 bits per heavy atom. The molecule has 0 saturated carbocycles. The molecule has 0 aliphatic heterocycles. The Balaban J connectivity index is 2.24. The van der Waals surface area contributed by atoms with Crippen LogP contribution in [0.25, 0.3) is 0 Å². The van der Waals surface area contributed by atoms with Gasteiger partial charge in [-0.05, 0) is 37.3 Å². The summed E-state index contributed by atoms with van der Waals surface area (Å²) in [5.41, 5.74) is 4.20. The third kappa shape index (κ3) is 2.13. The molecule has 2 nitrogen and oxygen atoms in total. The summed E-state index contributed by atoms with van der Waals surface area (Å²) in [7, 11) is 0. The van der Waals surface area contributed by atoms with Crippen molar-refractivity contribution in [1.82, 2.24) is 5.32 Å². The number of aliphatic hydroxyl groups excluding tert-OH is 1. The van der Waals surface area contributed by atoms with Gasteiger partial charge >= 0.3 is 0 Å². The lowest BCUT2D eigenvalue weighted by Crippen LogP contribution is -2.34. The summed E-state index contributed by atoms with van der Waals surface area (Å²) in [5.74, 6) is 0.616. The molecule has 2 N–H and O–H groups in total. The van der Waals surface area contributed by atoms with Crippen LogP contribution in [0.2, 0.25) is 0 Å². The highest BCUT2D eigenvalue weighted by molar-refractivity contribution is 5.38. The molecule has 2 rings (SSSR count). The lowest BCUT2D eigenvalue weighted by molar-refractivity contribution is 0.231. The van der Waals surface area contributed by atoms with E-state index in [0.717, 1.165) is 6.42 Å². The monoisotopic (exact) mass is 219 g/mol. The molecule has 1 aromatic carbocycles. The van der Waals surface area contributed by atoms with Crippen LogP contribution in [0.15, 0.2) is 18.2 Å². The fourth-order valence-corrected chi connectivity index (χ4v) is 2.57. The summed E-state index contributed by atoms with van der Waals surface area (Å²) in [6, 6.07) is 7.27. The summed E-state index contributed by atoms with van der Waals surface area (Å²) in [5, 5.41) is 12.6. The maximum atomic E-state index is 9.12. The van der Waals surface area contributed by atoms with Crippen molar-refractivity contribution in [3.63, 3.8) is 0 Å². The fraction of sp³-hybridized carbons (Fsp3) is 0.571. The second-order valence-corrected chi connectivity index (χ2v) is 5.11. The maximum Gasteiger partial charge on any atom is 0.0582 e. The SMILES string of the molecule is Cc1ccc2c(c1)C(NC(C)CO)C(C)C2. The maximum absolute atomic E-state index is 9.12. The minimum atomic E-state index is 0.166. The van der Waals surface area contributed by atoms with Gasteiger partial charge in [-0.25, -0.2) is 0 Å². The van der Waals surface area contributed by atoms with Crippen molar-refractivity contribution in [3.05, 3.63) is 34.9 Å². The molecular weight excluding hydrogens is 198 g/mol. The number of nitrogens with one attached hydrogen (secondary N) is 1. The van der Waals surface area contributed by atoms with Gasteiger partial charge in [0.15, 0.2) is 0 Å². The third-order valence-electron chi connectivity index (χ3n) is 3.49. The Kier molecular flexibility index (Phi) is 3.31. The van der Waals surface area contributed by atoms with Crippen LogP contribution in [-0.4, -0.2) is 17.8 Å². The van der Waals surface area contributed by atoms with Gasteiger partial charge in [-0.15, -0.1) is 0 Å². The lowest BCUT2D eigenvalue weighted by atomic mass is 10.0. The molecule has 0 bridgehead atoms. The number of hydrogen-bond donors (Lipinski definition) is 2. The van der Waals surface area contributed by atoms with Gasteiger partial charge in [0.05, 0.1) is 6.61 Å². The zero-order chi connectivity index (χ0) is 11.7. The molecule has 0 amide bonds. The molecule has 0 spiro atoms. The molecule has 0 radical (unpaired) electrons. The van der Waals surface area contributed by atoms with Crippen molar-refractivity contribution in [2.75, 3.05) is 6.61 Å². The average molecular weight is 219 g/mol. The fourth-order valence-electron chi connectivity index (χ4n) is 2.57. The molecule has 0 aromatic heterocycles. The third-order valence-corrected chi connectivity index (χ3v) is 3.49.